The monoisotopic (exact) mass is 429 g/mol. The topological polar surface area (TPSA) is 71.0 Å². The van der Waals surface area contributed by atoms with E-state index in [4.69, 9.17) is 4.74 Å². The summed E-state index contributed by atoms with van der Waals surface area (Å²) in [6.45, 7) is 0.536. The maximum atomic E-state index is 12.2. The lowest BCUT2D eigenvalue weighted by molar-refractivity contribution is -0.133. The number of benzene rings is 2. The lowest BCUT2D eigenvalue weighted by atomic mass is 9.99. The molecule has 1 atom stereocenters. The zero-order valence-electron chi connectivity index (χ0n) is 14.9. The van der Waals surface area contributed by atoms with Crippen LogP contribution in [0.25, 0.3) is 0 Å². The van der Waals surface area contributed by atoms with Gasteiger partial charge in [0, 0.05) is 28.9 Å². The van der Waals surface area contributed by atoms with E-state index in [1.54, 1.807) is 18.1 Å². The van der Waals surface area contributed by atoms with Gasteiger partial charge in [0.25, 0.3) is 5.91 Å². The van der Waals surface area contributed by atoms with Crippen molar-refractivity contribution < 1.29 is 14.3 Å². The minimum absolute atomic E-state index is 0.00484. The SMILES string of the molecule is COc1ccc(Br)cc1C=NNC(=O)CN1CC(c2ccccc2)CC1=O. The summed E-state index contributed by atoms with van der Waals surface area (Å²) >= 11 is 3.39. The van der Waals surface area contributed by atoms with Crippen molar-refractivity contribution in [2.45, 2.75) is 12.3 Å². The molecule has 140 valence electrons. The van der Waals surface area contributed by atoms with E-state index in [1.165, 1.54) is 6.21 Å². The van der Waals surface area contributed by atoms with Crippen molar-refractivity contribution in [3.05, 3.63) is 64.1 Å². The summed E-state index contributed by atoms with van der Waals surface area (Å²) in [5.74, 6) is 0.427. The first-order chi connectivity index (χ1) is 13.1. The van der Waals surface area contributed by atoms with Crippen LogP contribution in [0.4, 0.5) is 0 Å². The van der Waals surface area contributed by atoms with Gasteiger partial charge in [-0.25, -0.2) is 5.43 Å². The van der Waals surface area contributed by atoms with E-state index >= 15 is 0 Å². The molecule has 27 heavy (non-hydrogen) atoms. The molecule has 2 amide bonds. The number of likely N-dealkylation sites (tertiary alicyclic amines) is 1. The third-order valence-electron chi connectivity index (χ3n) is 4.40. The molecule has 6 nitrogen and oxygen atoms in total. The Hall–Kier alpha value is -2.67. The molecule has 1 N–H and O–H groups in total. The average molecular weight is 430 g/mol. The van der Waals surface area contributed by atoms with Crippen LogP contribution in [0.2, 0.25) is 0 Å². The summed E-state index contributed by atoms with van der Waals surface area (Å²) in [4.78, 5) is 25.9. The Bertz CT molecular complexity index is 855. The molecular weight excluding hydrogens is 410 g/mol. The van der Waals surface area contributed by atoms with E-state index in [-0.39, 0.29) is 24.3 Å². The summed E-state index contributed by atoms with van der Waals surface area (Å²) in [6.07, 6.45) is 1.94. The van der Waals surface area contributed by atoms with Crippen molar-refractivity contribution in [3.8, 4) is 5.75 Å². The standard InChI is InChI=1S/C20H20BrN3O3/c1-27-18-8-7-17(21)9-15(18)11-22-23-19(25)13-24-12-16(10-20(24)26)14-5-3-2-4-6-14/h2-9,11,16H,10,12-13H2,1H3,(H,23,25). The van der Waals surface area contributed by atoms with Gasteiger partial charge in [-0.2, -0.15) is 5.10 Å². The van der Waals surface area contributed by atoms with Gasteiger partial charge in [0.2, 0.25) is 5.91 Å². The van der Waals surface area contributed by atoms with Gasteiger partial charge in [0.05, 0.1) is 13.3 Å². The van der Waals surface area contributed by atoms with Gasteiger partial charge in [-0.1, -0.05) is 46.3 Å². The third kappa shape index (κ3) is 4.95. The number of rotatable bonds is 6. The molecule has 7 heteroatoms. The van der Waals surface area contributed by atoms with Crippen LogP contribution in [0.3, 0.4) is 0 Å². The van der Waals surface area contributed by atoms with Crippen molar-refractivity contribution in [1.82, 2.24) is 10.3 Å². The maximum Gasteiger partial charge on any atom is 0.259 e. The summed E-state index contributed by atoms with van der Waals surface area (Å²) < 4.78 is 6.14. The molecule has 3 rings (SSSR count). The molecule has 1 fully saturated rings. The number of amides is 2. The van der Waals surface area contributed by atoms with E-state index in [0.29, 0.717) is 18.7 Å². The van der Waals surface area contributed by atoms with Gasteiger partial charge in [-0.3, -0.25) is 9.59 Å². The lowest BCUT2D eigenvalue weighted by Gasteiger charge is -2.15. The summed E-state index contributed by atoms with van der Waals surface area (Å²) in [5.41, 5.74) is 4.32. The molecule has 2 aromatic carbocycles. The number of ether oxygens (including phenoxy) is 1. The number of carbonyl (C=O) groups excluding carboxylic acids is 2. The quantitative estimate of drug-likeness (QED) is 0.566. The van der Waals surface area contributed by atoms with Crippen molar-refractivity contribution in [3.63, 3.8) is 0 Å². The Kier molecular flexibility index (Phi) is 6.24. The summed E-state index contributed by atoms with van der Waals surface area (Å²) in [5, 5.41) is 3.97. The molecule has 1 aliphatic rings. The molecule has 1 heterocycles. The van der Waals surface area contributed by atoms with Crippen LogP contribution in [-0.4, -0.2) is 43.1 Å². The largest absolute Gasteiger partial charge is 0.496 e. The number of hydrogen-bond acceptors (Lipinski definition) is 4. The fraction of sp³-hybridized carbons (Fsp3) is 0.250. The molecule has 1 saturated heterocycles. The third-order valence-corrected chi connectivity index (χ3v) is 4.90. The summed E-state index contributed by atoms with van der Waals surface area (Å²) in [7, 11) is 1.57. The number of methoxy groups -OCH3 is 1. The van der Waals surface area contributed by atoms with E-state index in [2.05, 4.69) is 26.5 Å². The molecule has 0 radical (unpaired) electrons. The van der Waals surface area contributed by atoms with Crippen LogP contribution in [-0.2, 0) is 9.59 Å². The molecule has 1 unspecified atom stereocenters. The Morgan fingerprint density at radius 2 is 2.11 bits per heavy atom. The second-order valence-corrected chi connectivity index (χ2v) is 7.18. The fourth-order valence-electron chi connectivity index (χ4n) is 3.06. The minimum atomic E-state index is -0.331. The van der Waals surface area contributed by atoms with Crippen LogP contribution in [0.1, 0.15) is 23.5 Å². The highest BCUT2D eigenvalue weighted by atomic mass is 79.9. The molecule has 0 aromatic heterocycles. The first-order valence-electron chi connectivity index (χ1n) is 8.55. The van der Waals surface area contributed by atoms with Crippen LogP contribution in [0.15, 0.2) is 58.1 Å². The fourth-order valence-corrected chi connectivity index (χ4v) is 3.44. The Balaban J connectivity index is 1.55. The second kappa shape index (κ2) is 8.81. The summed E-state index contributed by atoms with van der Waals surface area (Å²) in [6, 6.07) is 15.4. The highest BCUT2D eigenvalue weighted by molar-refractivity contribution is 9.10. The lowest BCUT2D eigenvalue weighted by Crippen LogP contribution is -2.36. The van der Waals surface area contributed by atoms with Gasteiger partial charge < -0.3 is 9.64 Å². The minimum Gasteiger partial charge on any atom is -0.496 e. The highest BCUT2D eigenvalue weighted by Gasteiger charge is 2.31. The smallest absolute Gasteiger partial charge is 0.259 e. The van der Waals surface area contributed by atoms with Gasteiger partial charge in [0.15, 0.2) is 0 Å². The van der Waals surface area contributed by atoms with Gasteiger partial charge in [-0.15, -0.1) is 0 Å². The van der Waals surface area contributed by atoms with Gasteiger partial charge >= 0.3 is 0 Å². The maximum absolute atomic E-state index is 12.2. The van der Waals surface area contributed by atoms with Crippen molar-refractivity contribution in [1.29, 1.82) is 0 Å². The number of nitrogens with zero attached hydrogens (tertiary/aromatic N) is 2. The first kappa shape index (κ1) is 19.1. The number of nitrogens with one attached hydrogen (secondary N) is 1. The Morgan fingerprint density at radius 1 is 1.33 bits per heavy atom. The molecule has 0 saturated carbocycles. The molecule has 2 aromatic rings. The zero-order valence-corrected chi connectivity index (χ0v) is 16.5. The predicted octanol–water partition coefficient (Wildman–Crippen LogP) is 2.92. The Morgan fingerprint density at radius 3 is 2.85 bits per heavy atom. The van der Waals surface area contributed by atoms with Crippen molar-refractivity contribution in [2.24, 2.45) is 5.10 Å². The second-order valence-electron chi connectivity index (χ2n) is 6.27. The normalized spacial score (nSPS) is 16.7. The zero-order chi connectivity index (χ0) is 19.2. The number of hydrazone groups is 1. The first-order valence-corrected chi connectivity index (χ1v) is 9.34. The van der Waals surface area contributed by atoms with Gasteiger partial charge in [0.1, 0.15) is 12.3 Å². The Labute approximate surface area is 166 Å². The number of carbonyl (C=O) groups is 2. The molecule has 0 spiro atoms. The van der Waals surface area contributed by atoms with E-state index in [1.807, 2.05) is 42.5 Å². The molecule has 0 bridgehead atoms. The van der Waals surface area contributed by atoms with Crippen LogP contribution in [0.5, 0.6) is 5.75 Å². The van der Waals surface area contributed by atoms with Crippen LogP contribution >= 0.6 is 15.9 Å². The predicted molar refractivity (Wildman–Crippen MR) is 107 cm³/mol. The number of hydrogen-bond donors (Lipinski definition) is 1. The molecule has 0 aliphatic carbocycles. The molecule has 1 aliphatic heterocycles. The van der Waals surface area contributed by atoms with Crippen LogP contribution in [0, 0.1) is 0 Å². The molecular formula is C20H20BrN3O3. The van der Waals surface area contributed by atoms with Gasteiger partial charge in [-0.05, 0) is 23.8 Å². The van der Waals surface area contributed by atoms with Crippen molar-refractivity contribution >= 4 is 34.0 Å². The van der Waals surface area contributed by atoms with Crippen molar-refractivity contribution in [2.75, 3.05) is 20.2 Å². The average Bonchev–Trinajstić information content (AvgIpc) is 3.03. The highest BCUT2D eigenvalue weighted by Crippen LogP contribution is 2.27. The number of halogens is 1. The van der Waals surface area contributed by atoms with E-state index in [9.17, 15) is 9.59 Å². The van der Waals surface area contributed by atoms with E-state index < -0.39 is 0 Å². The van der Waals surface area contributed by atoms with E-state index in [0.717, 1.165) is 15.6 Å². The van der Waals surface area contributed by atoms with Crippen LogP contribution < -0.4 is 10.2 Å².